The summed E-state index contributed by atoms with van der Waals surface area (Å²) in [6.07, 6.45) is 7.56. The minimum Gasteiger partial charge on any atom is -0.458 e. The van der Waals surface area contributed by atoms with Gasteiger partial charge in [0.1, 0.15) is 42.4 Å². The SMILES string of the molecule is C=C(Br)C[C@@H](CC[C@@]12C[C@H]3O[C@H]4[C@@H](O1)[C@H]1O[C@@H](CC(=O)C[C@@H]5[C@@H](C)[C@@H](C[C@H](C)CO[Si](C)(C)C(C)(C)C)O[C@H]5CC5O[C@@H](CCCC)C[C@@H](C)C5=C)CC[C@@H]1O[C@H]4[C@H]3O2)OC(=O)c1ccccc1. The van der Waals surface area contributed by atoms with Crippen LogP contribution in [0.4, 0.5) is 0 Å². The molecule has 8 aliphatic rings. The quantitative estimate of drug-likeness (QED) is 0.0665. The van der Waals surface area contributed by atoms with Crippen molar-refractivity contribution in [3.63, 3.8) is 0 Å². The number of carbonyl (C=O) groups excluding carboxylic acids is 2. The molecule has 0 spiro atoms. The van der Waals surface area contributed by atoms with E-state index in [4.69, 9.17) is 42.3 Å². The summed E-state index contributed by atoms with van der Waals surface area (Å²) in [5, 5.41) is 0.146. The van der Waals surface area contributed by atoms with Crippen LogP contribution in [-0.4, -0.2) is 112 Å². The molecule has 68 heavy (non-hydrogen) atoms. The molecule has 1 unspecified atom stereocenters. The van der Waals surface area contributed by atoms with Crippen molar-refractivity contribution in [1.29, 1.82) is 0 Å². The van der Waals surface area contributed by atoms with Crippen LogP contribution < -0.4 is 0 Å². The second kappa shape index (κ2) is 21.7. The molecule has 8 heterocycles. The highest BCUT2D eigenvalue weighted by atomic mass is 79.9. The first kappa shape index (κ1) is 52.5. The molecule has 380 valence electrons. The van der Waals surface area contributed by atoms with Crippen molar-refractivity contribution < 1.29 is 51.9 Å². The third-order valence-electron chi connectivity index (χ3n) is 17.1. The molecule has 0 amide bonds. The highest BCUT2D eigenvalue weighted by Crippen LogP contribution is 2.54. The maximum Gasteiger partial charge on any atom is 0.338 e. The predicted molar refractivity (Wildman–Crippen MR) is 268 cm³/mol. The van der Waals surface area contributed by atoms with Crippen LogP contribution in [0, 0.1) is 23.7 Å². The molecule has 0 aromatic heterocycles. The van der Waals surface area contributed by atoms with Gasteiger partial charge < -0.3 is 42.3 Å². The predicted octanol–water partition coefficient (Wildman–Crippen LogP) is 11.6. The number of hydrogen-bond acceptors (Lipinski definition) is 11. The number of hydrogen-bond donors (Lipinski definition) is 0. The molecule has 0 saturated carbocycles. The van der Waals surface area contributed by atoms with Crippen LogP contribution >= 0.6 is 15.9 Å². The Bertz CT molecular complexity index is 1920. The molecular formula is C55H83BrO11Si. The fourth-order valence-corrected chi connectivity index (χ4v) is 13.5. The Hall–Kier alpha value is -1.78. The van der Waals surface area contributed by atoms with Gasteiger partial charge in [-0.05, 0) is 103 Å². The number of ether oxygens (including phenoxy) is 8. The van der Waals surface area contributed by atoms with E-state index in [2.05, 4.69) is 90.6 Å². The maximum atomic E-state index is 14.5. The lowest BCUT2D eigenvalue weighted by atomic mass is 9.78. The molecular weight excluding hydrogens is 945 g/mol. The maximum absolute atomic E-state index is 14.5. The molecule has 8 fully saturated rings. The summed E-state index contributed by atoms with van der Waals surface area (Å²) >= 11 is 3.50. The van der Waals surface area contributed by atoms with E-state index in [1.807, 2.05) is 18.2 Å². The third kappa shape index (κ3) is 11.8. The van der Waals surface area contributed by atoms with Crippen molar-refractivity contribution in [3.05, 3.63) is 59.1 Å². The van der Waals surface area contributed by atoms with Gasteiger partial charge in [0.2, 0.25) is 0 Å². The highest BCUT2D eigenvalue weighted by Gasteiger charge is 2.68. The average Bonchev–Trinajstić information content (AvgIpc) is 3.83. The number of unbranched alkanes of at least 4 members (excludes halogenated alkanes) is 1. The fraction of sp³-hybridized carbons (Fsp3) is 0.782. The molecule has 0 aliphatic carbocycles. The zero-order valence-corrected chi connectivity index (χ0v) is 45.2. The van der Waals surface area contributed by atoms with Crippen LogP contribution in [0.5, 0.6) is 0 Å². The smallest absolute Gasteiger partial charge is 0.338 e. The Morgan fingerprint density at radius 3 is 2.35 bits per heavy atom. The van der Waals surface area contributed by atoms with Crippen LogP contribution in [-0.2, 0) is 47.1 Å². The number of benzene rings is 1. The molecule has 8 saturated heterocycles. The van der Waals surface area contributed by atoms with Crippen LogP contribution in [0.1, 0.15) is 149 Å². The Morgan fingerprint density at radius 2 is 1.63 bits per heavy atom. The first-order valence-electron chi connectivity index (χ1n) is 26.3. The summed E-state index contributed by atoms with van der Waals surface area (Å²) in [5.41, 5.74) is 1.65. The zero-order chi connectivity index (χ0) is 48.7. The molecule has 11 nitrogen and oxygen atoms in total. The Morgan fingerprint density at radius 1 is 0.912 bits per heavy atom. The van der Waals surface area contributed by atoms with E-state index in [1.54, 1.807) is 12.1 Å². The van der Waals surface area contributed by atoms with Gasteiger partial charge in [0.05, 0.1) is 48.3 Å². The number of ketones is 1. The van der Waals surface area contributed by atoms with Crippen molar-refractivity contribution in [2.45, 2.75) is 242 Å². The van der Waals surface area contributed by atoms with Gasteiger partial charge in [-0.15, -0.1) is 0 Å². The summed E-state index contributed by atoms with van der Waals surface area (Å²) in [4.78, 5) is 27.6. The molecule has 13 heteroatoms. The summed E-state index contributed by atoms with van der Waals surface area (Å²) in [5.74, 6) is -0.177. The Balaban J connectivity index is 0.923. The van der Waals surface area contributed by atoms with E-state index in [1.165, 1.54) is 0 Å². The molecule has 8 aliphatic heterocycles. The second-order valence-electron chi connectivity index (χ2n) is 23.4. The van der Waals surface area contributed by atoms with Crippen LogP contribution in [0.3, 0.4) is 0 Å². The lowest BCUT2D eigenvalue weighted by molar-refractivity contribution is -0.292. The monoisotopic (exact) mass is 1030 g/mol. The standard InChI is InChI=1S/C55H83BrO11Si/c1-12-13-19-39-25-33(3)35(5)45(60-39)29-46-42(36(6)44(63-46)24-32(2)31-59-68(10,11)54(7,8)9)28-38(57)27-40-20-21-43-48(61-40)52-51-50(64-43)49-47(65-51)30-55(66-49,67-52)23-22-41(26-34(4)56)62-53(58)37-17-15-14-16-18-37/h14-18,32-33,36,39-52H,4-5,12-13,19-31H2,1-3,6-11H3/t32-,33+,36+,39-,40+,41+,42+,43-,44+,45?,46-,47+,48-,49-,50-,51+,52-,55-/m0/s1. The van der Waals surface area contributed by atoms with Gasteiger partial charge in [-0.3, -0.25) is 4.79 Å². The second-order valence-corrected chi connectivity index (χ2v) is 29.4. The number of halogens is 1. The Labute approximate surface area is 417 Å². The molecule has 0 N–H and O–H groups in total. The molecule has 6 bridgehead atoms. The molecule has 1 aromatic rings. The number of carbonyl (C=O) groups is 2. The van der Waals surface area contributed by atoms with E-state index in [0.717, 1.165) is 61.4 Å². The zero-order valence-electron chi connectivity index (χ0n) is 42.6. The molecule has 18 atom stereocenters. The van der Waals surface area contributed by atoms with Gasteiger partial charge in [-0.25, -0.2) is 4.79 Å². The summed E-state index contributed by atoms with van der Waals surface area (Å²) in [6.45, 7) is 29.9. The van der Waals surface area contributed by atoms with E-state index in [-0.39, 0.29) is 89.7 Å². The van der Waals surface area contributed by atoms with Gasteiger partial charge in [0.15, 0.2) is 14.1 Å². The number of fused-ring (bicyclic) bond motifs is 1. The van der Waals surface area contributed by atoms with Crippen molar-refractivity contribution >= 4 is 36.0 Å². The number of Topliss-reactive ketones (excluding diaryl/α,β-unsaturated/α-hetero) is 1. The van der Waals surface area contributed by atoms with E-state index >= 15 is 0 Å². The lowest BCUT2D eigenvalue weighted by Crippen LogP contribution is -2.61. The number of esters is 1. The lowest BCUT2D eigenvalue weighted by Gasteiger charge is -2.47. The van der Waals surface area contributed by atoms with Crippen LogP contribution in [0.25, 0.3) is 0 Å². The topological polar surface area (TPSA) is 117 Å². The molecule has 9 rings (SSSR count). The molecule has 1 aromatic carbocycles. The van der Waals surface area contributed by atoms with E-state index < -0.39 is 32.4 Å². The van der Waals surface area contributed by atoms with Gasteiger partial charge >= 0.3 is 5.97 Å². The number of rotatable bonds is 21. The van der Waals surface area contributed by atoms with E-state index in [0.29, 0.717) is 62.5 Å². The first-order valence-corrected chi connectivity index (χ1v) is 30.0. The van der Waals surface area contributed by atoms with Crippen molar-refractivity contribution in [2.24, 2.45) is 23.7 Å². The summed E-state index contributed by atoms with van der Waals surface area (Å²) < 4.78 is 61.6. The fourth-order valence-electron chi connectivity index (χ4n) is 12.0. The van der Waals surface area contributed by atoms with Gasteiger partial charge in [-0.2, -0.15) is 0 Å². The van der Waals surface area contributed by atoms with Crippen molar-refractivity contribution in [1.82, 2.24) is 0 Å². The third-order valence-corrected chi connectivity index (χ3v) is 22.0. The minimum absolute atomic E-state index is 0.0212. The largest absolute Gasteiger partial charge is 0.458 e. The average molecular weight is 1030 g/mol. The summed E-state index contributed by atoms with van der Waals surface area (Å²) in [6, 6.07) is 9.04. The van der Waals surface area contributed by atoms with Crippen LogP contribution in [0.2, 0.25) is 18.1 Å². The normalized spacial score (nSPS) is 38.5. The van der Waals surface area contributed by atoms with Gasteiger partial charge in [-0.1, -0.05) is 109 Å². The Kier molecular flexibility index (Phi) is 16.8. The first-order chi connectivity index (χ1) is 32.2. The minimum atomic E-state index is -1.90. The summed E-state index contributed by atoms with van der Waals surface area (Å²) in [7, 11) is -1.90. The van der Waals surface area contributed by atoms with Crippen molar-refractivity contribution in [2.75, 3.05) is 6.61 Å². The van der Waals surface area contributed by atoms with Crippen LogP contribution in [0.15, 0.2) is 53.5 Å². The van der Waals surface area contributed by atoms with Crippen molar-refractivity contribution in [3.8, 4) is 0 Å². The molecule has 0 radical (unpaired) electrons. The highest BCUT2D eigenvalue weighted by molar-refractivity contribution is 9.11. The van der Waals surface area contributed by atoms with Gasteiger partial charge in [0.25, 0.3) is 0 Å². The van der Waals surface area contributed by atoms with E-state index in [9.17, 15) is 9.59 Å². The van der Waals surface area contributed by atoms with Gasteiger partial charge in [0, 0.05) is 45.1 Å².